The maximum absolute atomic E-state index is 12.1. The Morgan fingerprint density at radius 1 is 1.19 bits per heavy atom. The van der Waals surface area contributed by atoms with Crippen LogP contribution in [0.25, 0.3) is 0 Å². The highest BCUT2D eigenvalue weighted by Gasteiger charge is 2.23. The largest absolute Gasteiger partial charge is 0.491 e. The van der Waals surface area contributed by atoms with E-state index < -0.39 is 27.2 Å². The molecule has 0 aliphatic rings. The number of nitrogens with one attached hydrogen (secondary N) is 2. The van der Waals surface area contributed by atoms with Gasteiger partial charge in [-0.15, -0.1) is 12.4 Å². The van der Waals surface area contributed by atoms with Crippen molar-refractivity contribution in [2.75, 3.05) is 17.0 Å². The third-order valence-corrected chi connectivity index (χ3v) is 5.06. The summed E-state index contributed by atoms with van der Waals surface area (Å²) >= 11 is 0. The first-order valence-corrected chi connectivity index (χ1v) is 10.1. The molecule has 1 aromatic carbocycles. The Morgan fingerprint density at radius 3 is 2.19 bits per heavy atom. The molecule has 0 fully saturated rings. The molecule has 26 heavy (non-hydrogen) atoms. The standard InChI is InChI=1S/C17H29N3O4S.ClH/c1-5-17(18,6-2)12-19-16(21)11-25(22,23)20-14-7-9-15(10-8-14)24-13(3)4;/h7-10,13,20H,5-6,11-12,18H2,1-4H3,(H,19,21);1H. The van der Waals surface area contributed by atoms with Gasteiger partial charge in [-0.3, -0.25) is 9.52 Å². The highest BCUT2D eigenvalue weighted by Crippen LogP contribution is 2.18. The predicted octanol–water partition coefficient (Wildman–Crippen LogP) is 2.27. The third kappa shape index (κ3) is 8.73. The fourth-order valence-electron chi connectivity index (χ4n) is 2.09. The van der Waals surface area contributed by atoms with Gasteiger partial charge in [-0.05, 0) is 51.0 Å². The second-order valence-corrected chi connectivity index (χ2v) is 8.12. The van der Waals surface area contributed by atoms with Crippen molar-refractivity contribution in [3.05, 3.63) is 24.3 Å². The number of benzene rings is 1. The van der Waals surface area contributed by atoms with E-state index in [0.717, 1.165) is 0 Å². The van der Waals surface area contributed by atoms with Crippen LogP contribution in [0.15, 0.2) is 24.3 Å². The fourth-order valence-corrected chi connectivity index (χ4v) is 3.10. The lowest BCUT2D eigenvalue weighted by Crippen LogP contribution is -2.50. The van der Waals surface area contributed by atoms with Gasteiger partial charge < -0.3 is 15.8 Å². The average molecular weight is 408 g/mol. The fraction of sp³-hybridized carbons (Fsp3) is 0.588. The van der Waals surface area contributed by atoms with Gasteiger partial charge in [-0.25, -0.2) is 8.42 Å². The lowest BCUT2D eigenvalue weighted by molar-refractivity contribution is -0.118. The number of hydrogen-bond acceptors (Lipinski definition) is 5. The molecule has 0 saturated carbocycles. The zero-order valence-corrected chi connectivity index (χ0v) is 17.4. The molecule has 0 saturated heterocycles. The normalized spacial score (nSPS) is 11.6. The maximum atomic E-state index is 12.1. The first-order valence-electron chi connectivity index (χ1n) is 8.42. The van der Waals surface area contributed by atoms with Gasteiger partial charge in [0.2, 0.25) is 15.9 Å². The second kappa shape index (κ2) is 10.6. The Bertz CT molecular complexity index is 659. The summed E-state index contributed by atoms with van der Waals surface area (Å²) in [4.78, 5) is 11.9. The topological polar surface area (TPSA) is 111 Å². The first kappa shape index (κ1) is 24.5. The SMILES string of the molecule is CCC(N)(CC)CNC(=O)CS(=O)(=O)Nc1ccc(OC(C)C)cc1.Cl. The molecule has 0 aromatic heterocycles. The molecule has 0 spiro atoms. The van der Waals surface area contributed by atoms with E-state index in [0.29, 0.717) is 24.3 Å². The van der Waals surface area contributed by atoms with Crippen LogP contribution in [-0.2, 0) is 14.8 Å². The quantitative estimate of drug-likeness (QED) is 0.551. The van der Waals surface area contributed by atoms with Crippen molar-refractivity contribution >= 4 is 34.0 Å². The first-order chi connectivity index (χ1) is 11.6. The highest BCUT2D eigenvalue weighted by atomic mass is 35.5. The second-order valence-electron chi connectivity index (χ2n) is 6.40. The molecular formula is C17H30ClN3O4S. The van der Waals surface area contributed by atoms with Gasteiger partial charge in [0.05, 0.1) is 6.10 Å². The van der Waals surface area contributed by atoms with Crippen molar-refractivity contribution in [2.45, 2.75) is 52.2 Å². The number of carbonyl (C=O) groups is 1. The molecule has 0 unspecified atom stereocenters. The minimum Gasteiger partial charge on any atom is -0.491 e. The van der Waals surface area contributed by atoms with Crippen molar-refractivity contribution in [3.63, 3.8) is 0 Å². The Morgan fingerprint density at radius 2 is 1.73 bits per heavy atom. The molecule has 0 aliphatic heterocycles. The van der Waals surface area contributed by atoms with Crippen LogP contribution in [0.5, 0.6) is 5.75 Å². The van der Waals surface area contributed by atoms with Crippen molar-refractivity contribution in [3.8, 4) is 5.75 Å². The molecule has 0 heterocycles. The molecular weight excluding hydrogens is 378 g/mol. The van der Waals surface area contributed by atoms with Crippen LogP contribution in [0.3, 0.4) is 0 Å². The van der Waals surface area contributed by atoms with Gasteiger partial charge in [0.25, 0.3) is 0 Å². The number of rotatable bonds is 10. The number of ether oxygens (including phenoxy) is 1. The molecule has 1 aromatic rings. The van der Waals surface area contributed by atoms with Gasteiger partial charge >= 0.3 is 0 Å². The van der Waals surface area contributed by atoms with Crippen LogP contribution in [0.1, 0.15) is 40.5 Å². The smallest absolute Gasteiger partial charge is 0.241 e. The zero-order chi connectivity index (χ0) is 19.1. The van der Waals surface area contributed by atoms with E-state index in [1.165, 1.54) is 0 Å². The van der Waals surface area contributed by atoms with Crippen LogP contribution in [0.4, 0.5) is 5.69 Å². The number of sulfonamides is 1. The summed E-state index contributed by atoms with van der Waals surface area (Å²) in [5.41, 5.74) is 5.95. The van der Waals surface area contributed by atoms with Crippen LogP contribution in [-0.4, -0.2) is 38.3 Å². The lowest BCUT2D eigenvalue weighted by atomic mass is 9.94. The molecule has 0 radical (unpaired) electrons. The van der Waals surface area contributed by atoms with Crippen LogP contribution in [0.2, 0.25) is 0 Å². The number of hydrogen-bond donors (Lipinski definition) is 3. The molecule has 0 aliphatic carbocycles. The highest BCUT2D eigenvalue weighted by molar-refractivity contribution is 7.93. The molecule has 1 rings (SSSR count). The maximum Gasteiger partial charge on any atom is 0.241 e. The lowest BCUT2D eigenvalue weighted by Gasteiger charge is -2.26. The van der Waals surface area contributed by atoms with Crippen LogP contribution < -0.4 is 20.5 Å². The minimum atomic E-state index is -3.79. The van der Waals surface area contributed by atoms with Crippen molar-refractivity contribution in [1.82, 2.24) is 5.32 Å². The number of carbonyl (C=O) groups excluding carboxylic acids is 1. The van der Waals surface area contributed by atoms with E-state index in [-0.39, 0.29) is 25.1 Å². The van der Waals surface area contributed by atoms with Crippen LogP contribution >= 0.6 is 12.4 Å². The van der Waals surface area contributed by atoms with Gasteiger partial charge in [-0.2, -0.15) is 0 Å². The molecule has 1 amide bonds. The third-order valence-electron chi connectivity index (χ3n) is 3.87. The summed E-state index contributed by atoms with van der Waals surface area (Å²) in [6, 6.07) is 6.52. The Kier molecular flexibility index (Phi) is 9.98. The van der Waals surface area contributed by atoms with E-state index in [1.54, 1.807) is 24.3 Å². The van der Waals surface area contributed by atoms with Crippen molar-refractivity contribution < 1.29 is 17.9 Å². The van der Waals surface area contributed by atoms with Gasteiger partial charge in [0, 0.05) is 17.8 Å². The summed E-state index contributed by atoms with van der Waals surface area (Å²) in [6.07, 6.45) is 1.42. The Labute approximate surface area is 162 Å². The summed E-state index contributed by atoms with van der Waals surface area (Å²) < 4.78 is 32.1. The van der Waals surface area contributed by atoms with Crippen molar-refractivity contribution in [1.29, 1.82) is 0 Å². The monoisotopic (exact) mass is 407 g/mol. The molecule has 7 nitrogen and oxygen atoms in total. The number of anilines is 1. The molecule has 4 N–H and O–H groups in total. The van der Waals surface area contributed by atoms with Crippen molar-refractivity contribution in [2.24, 2.45) is 5.73 Å². The van der Waals surface area contributed by atoms with E-state index in [1.807, 2.05) is 27.7 Å². The molecule has 0 atom stereocenters. The molecule has 9 heteroatoms. The summed E-state index contributed by atoms with van der Waals surface area (Å²) in [5.74, 6) is -0.584. The summed E-state index contributed by atoms with van der Waals surface area (Å²) in [5, 5.41) is 2.59. The minimum absolute atomic E-state index is 0. The number of halogens is 1. The molecule has 150 valence electrons. The van der Waals surface area contributed by atoms with Crippen LogP contribution in [0, 0.1) is 0 Å². The van der Waals surface area contributed by atoms with Gasteiger partial charge in [0.1, 0.15) is 11.5 Å². The van der Waals surface area contributed by atoms with E-state index in [2.05, 4.69) is 10.0 Å². The van der Waals surface area contributed by atoms with E-state index in [9.17, 15) is 13.2 Å². The summed E-state index contributed by atoms with van der Waals surface area (Å²) in [7, 11) is -3.79. The Hall–Kier alpha value is -1.51. The molecule has 0 bridgehead atoms. The Balaban J connectivity index is 0.00000625. The van der Waals surface area contributed by atoms with Gasteiger partial charge in [-0.1, -0.05) is 13.8 Å². The number of amides is 1. The summed E-state index contributed by atoms with van der Waals surface area (Å²) in [6.45, 7) is 7.92. The predicted molar refractivity (Wildman–Crippen MR) is 107 cm³/mol. The average Bonchev–Trinajstić information content (AvgIpc) is 2.53. The van der Waals surface area contributed by atoms with E-state index >= 15 is 0 Å². The van der Waals surface area contributed by atoms with E-state index in [4.69, 9.17) is 10.5 Å². The van der Waals surface area contributed by atoms with Gasteiger partial charge in [0.15, 0.2) is 0 Å². The number of nitrogens with two attached hydrogens (primary N) is 1. The zero-order valence-electron chi connectivity index (χ0n) is 15.7.